The van der Waals surface area contributed by atoms with Crippen LogP contribution in [0.25, 0.3) is 11.1 Å². The second-order valence-corrected chi connectivity index (χ2v) is 4.41. The molecule has 0 spiro atoms. The number of hydrogen-bond acceptors (Lipinski definition) is 3. The number of nitrogens with one attached hydrogen (secondary N) is 1. The van der Waals surface area contributed by atoms with Gasteiger partial charge in [0, 0.05) is 6.54 Å². The van der Waals surface area contributed by atoms with Crippen LogP contribution in [0.15, 0.2) is 48.5 Å². The standard InChI is InChI=1S/C16H18N2O2/c1-20-15-4-2-3-14(9-15)13-7-5-12(6-8-13)11-18-16(19)10-17/h2-9H,10-11,17H2,1H3,(H,18,19). The van der Waals surface area contributed by atoms with Crippen LogP contribution < -0.4 is 15.8 Å². The topological polar surface area (TPSA) is 64.3 Å². The molecule has 1 amide bonds. The van der Waals surface area contributed by atoms with E-state index in [4.69, 9.17) is 10.5 Å². The molecule has 2 rings (SSSR count). The Kier molecular flexibility index (Phi) is 4.74. The fourth-order valence-corrected chi connectivity index (χ4v) is 1.89. The number of amides is 1. The van der Waals surface area contributed by atoms with Crippen molar-refractivity contribution < 1.29 is 9.53 Å². The van der Waals surface area contributed by atoms with Gasteiger partial charge in [-0.1, -0.05) is 36.4 Å². The maximum atomic E-state index is 11.1. The third-order valence-corrected chi connectivity index (χ3v) is 3.03. The lowest BCUT2D eigenvalue weighted by Crippen LogP contribution is -2.29. The minimum absolute atomic E-state index is 0.0158. The molecule has 4 nitrogen and oxygen atoms in total. The highest BCUT2D eigenvalue weighted by atomic mass is 16.5. The maximum Gasteiger partial charge on any atom is 0.234 e. The molecule has 0 bridgehead atoms. The van der Waals surface area contributed by atoms with E-state index >= 15 is 0 Å². The molecule has 0 atom stereocenters. The predicted molar refractivity (Wildman–Crippen MR) is 79.3 cm³/mol. The molecule has 0 aliphatic carbocycles. The van der Waals surface area contributed by atoms with E-state index in [0.29, 0.717) is 6.54 Å². The van der Waals surface area contributed by atoms with Crippen LogP contribution in [-0.2, 0) is 11.3 Å². The van der Waals surface area contributed by atoms with Crippen molar-refractivity contribution in [3.63, 3.8) is 0 Å². The van der Waals surface area contributed by atoms with Gasteiger partial charge in [0.1, 0.15) is 5.75 Å². The monoisotopic (exact) mass is 270 g/mol. The van der Waals surface area contributed by atoms with E-state index in [1.807, 2.05) is 48.5 Å². The van der Waals surface area contributed by atoms with E-state index in [1.54, 1.807) is 7.11 Å². The Labute approximate surface area is 118 Å². The summed E-state index contributed by atoms with van der Waals surface area (Å²) in [7, 11) is 1.66. The largest absolute Gasteiger partial charge is 0.497 e. The smallest absolute Gasteiger partial charge is 0.234 e. The van der Waals surface area contributed by atoms with E-state index in [2.05, 4.69) is 5.32 Å². The van der Waals surface area contributed by atoms with Crippen LogP contribution in [-0.4, -0.2) is 19.6 Å². The summed E-state index contributed by atoms with van der Waals surface area (Å²) < 4.78 is 5.22. The lowest BCUT2D eigenvalue weighted by Gasteiger charge is -2.07. The molecule has 2 aromatic carbocycles. The molecule has 3 N–H and O–H groups in total. The molecule has 0 aromatic heterocycles. The summed E-state index contributed by atoms with van der Waals surface area (Å²) in [4.78, 5) is 11.1. The Morgan fingerprint density at radius 3 is 2.55 bits per heavy atom. The highest BCUT2D eigenvalue weighted by Gasteiger charge is 2.01. The molecule has 2 aromatic rings. The minimum atomic E-state index is -0.151. The highest BCUT2D eigenvalue weighted by molar-refractivity contribution is 5.77. The van der Waals surface area contributed by atoms with E-state index in [0.717, 1.165) is 22.4 Å². The molecule has 20 heavy (non-hydrogen) atoms. The molecule has 0 radical (unpaired) electrons. The minimum Gasteiger partial charge on any atom is -0.497 e. The van der Waals surface area contributed by atoms with E-state index < -0.39 is 0 Å². The second-order valence-electron chi connectivity index (χ2n) is 4.41. The van der Waals surface area contributed by atoms with Crippen LogP contribution in [0.3, 0.4) is 0 Å². The zero-order chi connectivity index (χ0) is 14.4. The van der Waals surface area contributed by atoms with Crippen LogP contribution in [0.4, 0.5) is 0 Å². The van der Waals surface area contributed by atoms with Gasteiger partial charge in [-0.2, -0.15) is 0 Å². The van der Waals surface area contributed by atoms with Crippen LogP contribution >= 0.6 is 0 Å². The van der Waals surface area contributed by atoms with E-state index in [9.17, 15) is 4.79 Å². The fraction of sp³-hybridized carbons (Fsp3) is 0.188. The molecule has 0 heterocycles. The number of hydrogen-bond donors (Lipinski definition) is 2. The summed E-state index contributed by atoms with van der Waals surface area (Å²) in [5.74, 6) is 0.684. The van der Waals surface area contributed by atoms with E-state index in [1.165, 1.54) is 0 Å². The zero-order valence-corrected chi connectivity index (χ0v) is 11.4. The SMILES string of the molecule is COc1cccc(-c2ccc(CNC(=O)CN)cc2)c1. The van der Waals surface area contributed by atoms with Gasteiger partial charge in [-0.25, -0.2) is 0 Å². The van der Waals surface area contributed by atoms with Gasteiger partial charge in [0.25, 0.3) is 0 Å². The summed E-state index contributed by atoms with van der Waals surface area (Å²) in [6.45, 7) is 0.510. The fourth-order valence-electron chi connectivity index (χ4n) is 1.89. The van der Waals surface area contributed by atoms with Gasteiger partial charge < -0.3 is 15.8 Å². The van der Waals surface area contributed by atoms with Crippen LogP contribution in [0.5, 0.6) is 5.75 Å². The molecular weight excluding hydrogens is 252 g/mol. The van der Waals surface area contributed by atoms with Crippen molar-refractivity contribution in [1.29, 1.82) is 0 Å². The van der Waals surface area contributed by atoms with Gasteiger partial charge in [0.2, 0.25) is 5.91 Å². The van der Waals surface area contributed by atoms with Crippen molar-refractivity contribution in [1.82, 2.24) is 5.32 Å². The zero-order valence-electron chi connectivity index (χ0n) is 11.4. The van der Waals surface area contributed by atoms with Gasteiger partial charge >= 0.3 is 0 Å². The average Bonchev–Trinajstić information content (AvgIpc) is 2.53. The second kappa shape index (κ2) is 6.73. The highest BCUT2D eigenvalue weighted by Crippen LogP contribution is 2.23. The molecular formula is C16H18N2O2. The van der Waals surface area contributed by atoms with Crippen LogP contribution in [0.2, 0.25) is 0 Å². The first-order valence-electron chi connectivity index (χ1n) is 6.43. The molecule has 0 aliphatic heterocycles. The normalized spacial score (nSPS) is 10.1. The Morgan fingerprint density at radius 2 is 1.90 bits per heavy atom. The summed E-state index contributed by atoms with van der Waals surface area (Å²) in [5.41, 5.74) is 8.49. The van der Waals surface area contributed by atoms with E-state index in [-0.39, 0.29) is 12.5 Å². The summed E-state index contributed by atoms with van der Waals surface area (Å²) in [6.07, 6.45) is 0. The third-order valence-electron chi connectivity index (χ3n) is 3.03. The summed E-state index contributed by atoms with van der Waals surface area (Å²) >= 11 is 0. The van der Waals surface area contributed by atoms with Gasteiger partial charge in [0.15, 0.2) is 0 Å². The number of methoxy groups -OCH3 is 1. The number of carbonyl (C=O) groups is 1. The molecule has 4 heteroatoms. The number of ether oxygens (including phenoxy) is 1. The first kappa shape index (κ1) is 14.1. The molecule has 0 fully saturated rings. The van der Waals surface area contributed by atoms with Crippen molar-refractivity contribution in [3.05, 3.63) is 54.1 Å². The molecule has 0 aliphatic rings. The average molecular weight is 270 g/mol. The van der Waals surface area contributed by atoms with Crippen molar-refractivity contribution in [2.75, 3.05) is 13.7 Å². The lowest BCUT2D eigenvalue weighted by atomic mass is 10.0. The summed E-state index contributed by atoms with van der Waals surface area (Å²) in [5, 5.41) is 2.74. The van der Waals surface area contributed by atoms with Crippen LogP contribution in [0, 0.1) is 0 Å². The first-order chi connectivity index (χ1) is 9.72. The van der Waals surface area contributed by atoms with Gasteiger partial charge in [-0.05, 0) is 28.8 Å². The van der Waals surface area contributed by atoms with Crippen molar-refractivity contribution >= 4 is 5.91 Å². The Morgan fingerprint density at radius 1 is 1.15 bits per heavy atom. The third kappa shape index (κ3) is 3.59. The number of carbonyl (C=O) groups excluding carboxylic acids is 1. The van der Waals surface area contributed by atoms with Crippen molar-refractivity contribution in [2.24, 2.45) is 5.73 Å². The van der Waals surface area contributed by atoms with Crippen molar-refractivity contribution in [3.8, 4) is 16.9 Å². The molecule has 104 valence electrons. The number of benzene rings is 2. The van der Waals surface area contributed by atoms with Gasteiger partial charge in [0.05, 0.1) is 13.7 Å². The Bertz CT molecular complexity index is 579. The molecule has 0 saturated carbocycles. The number of rotatable bonds is 5. The predicted octanol–water partition coefficient (Wildman–Crippen LogP) is 1.94. The molecule has 0 saturated heterocycles. The van der Waals surface area contributed by atoms with Gasteiger partial charge in [-0.15, -0.1) is 0 Å². The molecule has 0 unspecified atom stereocenters. The quantitative estimate of drug-likeness (QED) is 0.872. The maximum absolute atomic E-state index is 11.1. The van der Waals surface area contributed by atoms with Crippen molar-refractivity contribution in [2.45, 2.75) is 6.54 Å². The van der Waals surface area contributed by atoms with Crippen LogP contribution in [0.1, 0.15) is 5.56 Å². The first-order valence-corrected chi connectivity index (χ1v) is 6.43. The lowest BCUT2D eigenvalue weighted by molar-refractivity contribution is -0.119. The Hall–Kier alpha value is -2.33. The number of nitrogens with two attached hydrogens (primary N) is 1. The van der Waals surface area contributed by atoms with Gasteiger partial charge in [-0.3, -0.25) is 4.79 Å². The Balaban J connectivity index is 2.09. The summed E-state index contributed by atoms with van der Waals surface area (Å²) in [6, 6.07) is 15.9.